The highest BCUT2D eigenvalue weighted by Gasteiger charge is 2.21. The van der Waals surface area contributed by atoms with Gasteiger partial charge in [-0.05, 0) is 24.3 Å². The van der Waals surface area contributed by atoms with Crippen molar-refractivity contribution in [2.24, 2.45) is 0 Å². The van der Waals surface area contributed by atoms with Gasteiger partial charge < -0.3 is 20.2 Å². The van der Waals surface area contributed by atoms with E-state index in [1.165, 1.54) is 0 Å². The van der Waals surface area contributed by atoms with Crippen LogP contribution in [-0.2, 0) is 14.4 Å². The molecule has 1 aromatic carbocycles. The molecule has 1 aromatic rings. The van der Waals surface area contributed by atoms with E-state index in [2.05, 4.69) is 0 Å². The summed E-state index contributed by atoms with van der Waals surface area (Å²) in [6, 6.07) is 7.29. The Morgan fingerprint density at radius 2 is 0.917 bits per heavy atom. The SMILES string of the molecule is CN(C)c1ccc(C(=O)CN2CCN(CC(=O)O)CCN(CC(=O)O)CCN(CC(=O)O)CC2)cc1. The fourth-order valence-electron chi connectivity index (χ4n) is 4.02. The Morgan fingerprint density at radius 3 is 1.19 bits per heavy atom. The molecule has 3 N–H and O–H groups in total. The molecule has 36 heavy (non-hydrogen) atoms. The Morgan fingerprint density at radius 1 is 0.611 bits per heavy atom. The third-order valence-corrected chi connectivity index (χ3v) is 6.08. The van der Waals surface area contributed by atoms with Crippen LogP contribution in [0.5, 0.6) is 0 Å². The lowest BCUT2D eigenvalue weighted by atomic mass is 10.1. The Bertz CT molecular complexity index is 861. The lowest BCUT2D eigenvalue weighted by Crippen LogP contribution is -2.49. The van der Waals surface area contributed by atoms with Crippen molar-refractivity contribution in [3.05, 3.63) is 29.8 Å². The van der Waals surface area contributed by atoms with Crippen LogP contribution in [-0.4, -0.2) is 151 Å². The van der Waals surface area contributed by atoms with Crippen molar-refractivity contribution in [1.29, 1.82) is 0 Å². The number of hydrogen-bond donors (Lipinski definition) is 3. The van der Waals surface area contributed by atoms with Crippen molar-refractivity contribution in [1.82, 2.24) is 19.6 Å². The fraction of sp³-hybridized carbons (Fsp3) is 0.583. The lowest BCUT2D eigenvalue weighted by molar-refractivity contribution is -0.140. The third-order valence-electron chi connectivity index (χ3n) is 6.08. The van der Waals surface area contributed by atoms with E-state index in [1.54, 1.807) is 26.8 Å². The van der Waals surface area contributed by atoms with E-state index >= 15 is 0 Å². The number of aliphatic carboxylic acids is 3. The molecule has 1 aliphatic rings. The molecule has 0 saturated carbocycles. The molecule has 0 amide bonds. The first-order chi connectivity index (χ1) is 17.0. The maximum Gasteiger partial charge on any atom is 0.317 e. The fourth-order valence-corrected chi connectivity index (χ4v) is 4.02. The lowest BCUT2D eigenvalue weighted by Gasteiger charge is -2.32. The predicted molar refractivity (Wildman–Crippen MR) is 134 cm³/mol. The van der Waals surface area contributed by atoms with Gasteiger partial charge in [-0.1, -0.05) is 0 Å². The zero-order valence-electron chi connectivity index (χ0n) is 21.0. The van der Waals surface area contributed by atoms with Crippen molar-refractivity contribution in [3.8, 4) is 0 Å². The molecule has 2 rings (SSSR count). The number of carboxylic acids is 3. The maximum absolute atomic E-state index is 13.0. The number of nitrogens with zero attached hydrogens (tertiary/aromatic N) is 5. The van der Waals surface area contributed by atoms with Crippen LogP contribution in [0.4, 0.5) is 5.69 Å². The van der Waals surface area contributed by atoms with Gasteiger partial charge in [-0.25, -0.2) is 0 Å². The van der Waals surface area contributed by atoms with Crippen molar-refractivity contribution >= 4 is 29.4 Å². The highest BCUT2D eigenvalue weighted by Crippen LogP contribution is 2.13. The Labute approximate surface area is 211 Å². The molecule has 1 aliphatic heterocycles. The third kappa shape index (κ3) is 10.7. The second-order valence-electron chi connectivity index (χ2n) is 9.15. The van der Waals surface area contributed by atoms with E-state index in [4.69, 9.17) is 0 Å². The number of carboxylic acid groups (broad SMARTS) is 3. The second-order valence-corrected chi connectivity index (χ2v) is 9.15. The quantitative estimate of drug-likeness (QED) is 0.348. The summed E-state index contributed by atoms with van der Waals surface area (Å²) in [5.74, 6) is -3.04. The maximum atomic E-state index is 13.0. The van der Waals surface area contributed by atoms with Gasteiger partial charge >= 0.3 is 17.9 Å². The Kier molecular flexibility index (Phi) is 11.7. The topological polar surface area (TPSA) is 145 Å². The number of benzene rings is 1. The normalized spacial score (nSPS) is 17.6. The van der Waals surface area contributed by atoms with Gasteiger partial charge in [0.25, 0.3) is 0 Å². The number of Topliss-reactive ketones (excluding diaryl/α,β-unsaturated/α-hetero) is 1. The van der Waals surface area contributed by atoms with E-state index in [-0.39, 0.29) is 32.0 Å². The first-order valence-corrected chi connectivity index (χ1v) is 11.9. The number of hydrogen-bond acceptors (Lipinski definition) is 9. The molecule has 200 valence electrons. The van der Waals surface area contributed by atoms with Crippen LogP contribution in [0.3, 0.4) is 0 Å². The van der Waals surface area contributed by atoms with Gasteiger partial charge in [-0.2, -0.15) is 0 Å². The molecular weight excluding hydrogens is 470 g/mol. The summed E-state index contributed by atoms with van der Waals surface area (Å²) in [4.78, 5) is 56.1. The molecule has 0 aliphatic carbocycles. The molecule has 12 nitrogen and oxygen atoms in total. The first kappa shape index (κ1) is 29.2. The highest BCUT2D eigenvalue weighted by atomic mass is 16.4. The van der Waals surface area contributed by atoms with Gasteiger partial charge in [0, 0.05) is 77.7 Å². The van der Waals surface area contributed by atoms with Gasteiger partial charge in [-0.15, -0.1) is 0 Å². The van der Waals surface area contributed by atoms with E-state index in [9.17, 15) is 34.5 Å². The summed E-state index contributed by atoms with van der Waals surface area (Å²) in [5.41, 5.74) is 1.55. The first-order valence-electron chi connectivity index (χ1n) is 11.9. The standard InChI is InChI=1S/C24H37N5O7/c1-25(2)20-5-3-19(4-6-20)21(30)15-26-7-9-27(16-22(31)32)11-13-29(18-24(35)36)14-12-28(10-8-26)17-23(33)34/h3-6H,7-18H2,1-2H3,(H,31,32)(H,33,34)(H,35,36). The molecule has 0 atom stereocenters. The molecule has 0 unspecified atom stereocenters. The minimum Gasteiger partial charge on any atom is -0.480 e. The summed E-state index contributed by atoms with van der Waals surface area (Å²) in [6.45, 7) is 2.43. The molecular formula is C24H37N5O7. The van der Waals surface area contributed by atoms with E-state index in [0.29, 0.717) is 57.9 Å². The molecule has 0 bridgehead atoms. The molecule has 1 saturated heterocycles. The van der Waals surface area contributed by atoms with Crippen LogP contribution in [0.2, 0.25) is 0 Å². The number of carbonyl (C=O) groups excluding carboxylic acids is 1. The Hall–Kier alpha value is -3.06. The summed E-state index contributed by atoms with van der Waals surface area (Å²) in [5, 5.41) is 27.9. The molecule has 1 fully saturated rings. The minimum absolute atomic E-state index is 0.0744. The molecule has 12 heteroatoms. The van der Waals surface area contributed by atoms with Crippen LogP contribution in [0.25, 0.3) is 0 Å². The zero-order chi connectivity index (χ0) is 26.7. The van der Waals surface area contributed by atoms with E-state index in [0.717, 1.165) is 5.69 Å². The zero-order valence-corrected chi connectivity index (χ0v) is 21.0. The number of carbonyl (C=O) groups is 4. The monoisotopic (exact) mass is 507 g/mol. The average molecular weight is 508 g/mol. The number of ketones is 1. The van der Waals surface area contributed by atoms with Crippen molar-refractivity contribution in [3.63, 3.8) is 0 Å². The van der Waals surface area contributed by atoms with Gasteiger partial charge in [0.15, 0.2) is 5.78 Å². The average Bonchev–Trinajstić information content (AvgIpc) is 2.79. The Balaban J connectivity index is 2.17. The predicted octanol–water partition coefficient (Wildman–Crippen LogP) is -0.589. The molecule has 0 aromatic heterocycles. The number of rotatable bonds is 10. The molecule has 0 spiro atoms. The van der Waals surface area contributed by atoms with Crippen molar-refractivity contribution < 1.29 is 34.5 Å². The molecule has 0 radical (unpaired) electrons. The van der Waals surface area contributed by atoms with E-state index < -0.39 is 17.9 Å². The van der Waals surface area contributed by atoms with Gasteiger partial charge in [0.2, 0.25) is 0 Å². The van der Waals surface area contributed by atoms with Gasteiger partial charge in [-0.3, -0.25) is 38.8 Å². The van der Waals surface area contributed by atoms with Crippen LogP contribution >= 0.6 is 0 Å². The van der Waals surface area contributed by atoms with Crippen molar-refractivity contribution in [2.45, 2.75) is 0 Å². The highest BCUT2D eigenvalue weighted by molar-refractivity contribution is 5.97. The summed E-state index contributed by atoms with van der Waals surface area (Å²) in [7, 11) is 3.83. The smallest absolute Gasteiger partial charge is 0.317 e. The number of anilines is 1. The van der Waals surface area contributed by atoms with Crippen LogP contribution in [0.1, 0.15) is 10.4 Å². The van der Waals surface area contributed by atoms with Crippen LogP contribution in [0.15, 0.2) is 24.3 Å². The molecule has 1 heterocycles. The summed E-state index contributed by atoms with van der Waals surface area (Å²) >= 11 is 0. The summed E-state index contributed by atoms with van der Waals surface area (Å²) < 4.78 is 0. The minimum atomic E-state index is -1.00. The summed E-state index contributed by atoms with van der Waals surface area (Å²) in [6.07, 6.45) is 0. The largest absolute Gasteiger partial charge is 0.480 e. The van der Waals surface area contributed by atoms with Crippen molar-refractivity contribution in [2.75, 3.05) is 97.5 Å². The van der Waals surface area contributed by atoms with Crippen LogP contribution < -0.4 is 4.90 Å². The van der Waals surface area contributed by atoms with Gasteiger partial charge in [0.05, 0.1) is 26.2 Å². The second kappa shape index (κ2) is 14.5. The van der Waals surface area contributed by atoms with Gasteiger partial charge in [0.1, 0.15) is 0 Å². The van der Waals surface area contributed by atoms with E-state index in [1.807, 2.05) is 36.0 Å². The van der Waals surface area contributed by atoms with Crippen LogP contribution in [0, 0.1) is 0 Å².